The maximum atomic E-state index is 10.4. The van der Waals surface area contributed by atoms with E-state index in [4.69, 9.17) is 5.11 Å². The van der Waals surface area contributed by atoms with Gasteiger partial charge in [0.25, 0.3) is 0 Å². The number of carbonyl (C=O) groups is 1. The van der Waals surface area contributed by atoms with Crippen molar-refractivity contribution >= 4 is 51.7 Å². The van der Waals surface area contributed by atoms with Gasteiger partial charge < -0.3 is 5.11 Å². The Balaban J connectivity index is 2.10. The molecule has 0 saturated carbocycles. The minimum Gasteiger partial charge on any atom is -0.481 e. The maximum Gasteiger partial charge on any atom is 0.313 e. The van der Waals surface area contributed by atoms with Gasteiger partial charge >= 0.3 is 5.97 Å². The number of aromatic nitrogens is 3. The molecule has 16 heavy (non-hydrogen) atoms. The van der Waals surface area contributed by atoms with E-state index < -0.39 is 5.97 Å². The summed E-state index contributed by atoms with van der Waals surface area (Å²) in [5.41, 5.74) is 0.976. The third-order valence-corrected chi connectivity index (χ3v) is 4.25. The second kappa shape index (κ2) is 5.15. The quantitative estimate of drug-likeness (QED) is 0.641. The summed E-state index contributed by atoms with van der Waals surface area (Å²) in [4.78, 5) is 14.6. The first-order chi connectivity index (χ1) is 7.65. The monoisotopic (exact) mass is 367 g/mol. The molecule has 0 aliphatic heterocycles. The van der Waals surface area contributed by atoms with Gasteiger partial charge in [0, 0.05) is 10.9 Å². The third kappa shape index (κ3) is 2.95. The fourth-order valence-corrected chi connectivity index (χ4v) is 2.85. The highest BCUT2D eigenvalue weighted by Crippen LogP contribution is 2.25. The number of thiophene rings is 1. The van der Waals surface area contributed by atoms with E-state index in [0.717, 1.165) is 17.3 Å². The first kappa shape index (κ1) is 11.9. The number of H-pyrrole nitrogens is 1. The molecule has 0 aliphatic carbocycles. The van der Waals surface area contributed by atoms with Crippen LogP contribution in [0.15, 0.2) is 16.6 Å². The molecule has 0 saturated heterocycles. The molecule has 2 rings (SSSR count). The number of carboxylic acid groups (broad SMARTS) is 1. The number of hydrogen-bond acceptors (Lipinski definition) is 5. The Morgan fingerprint density at radius 3 is 3.12 bits per heavy atom. The van der Waals surface area contributed by atoms with Gasteiger partial charge in [-0.1, -0.05) is 11.8 Å². The van der Waals surface area contributed by atoms with E-state index in [1.807, 2.05) is 11.4 Å². The van der Waals surface area contributed by atoms with Gasteiger partial charge in [0.1, 0.15) is 0 Å². The molecule has 84 valence electrons. The zero-order valence-electron chi connectivity index (χ0n) is 7.81. The number of carboxylic acids is 1. The highest BCUT2D eigenvalue weighted by atomic mass is 127. The van der Waals surface area contributed by atoms with Crippen LogP contribution in [0.4, 0.5) is 0 Å². The van der Waals surface area contributed by atoms with Gasteiger partial charge in [-0.3, -0.25) is 9.89 Å². The van der Waals surface area contributed by atoms with E-state index in [9.17, 15) is 4.79 Å². The van der Waals surface area contributed by atoms with Crippen molar-refractivity contribution in [2.24, 2.45) is 0 Å². The van der Waals surface area contributed by atoms with Crippen LogP contribution in [0.25, 0.3) is 11.4 Å². The average Bonchev–Trinajstić information content (AvgIpc) is 2.83. The zero-order chi connectivity index (χ0) is 11.5. The van der Waals surface area contributed by atoms with Crippen LogP contribution in [-0.4, -0.2) is 32.0 Å². The molecule has 0 amide bonds. The second-order valence-electron chi connectivity index (χ2n) is 2.79. The van der Waals surface area contributed by atoms with E-state index in [1.165, 1.54) is 2.88 Å². The summed E-state index contributed by atoms with van der Waals surface area (Å²) in [6, 6.07) is 2.00. The highest BCUT2D eigenvalue weighted by Gasteiger charge is 2.09. The van der Waals surface area contributed by atoms with Crippen LogP contribution in [0.1, 0.15) is 0 Å². The first-order valence-electron chi connectivity index (χ1n) is 4.16. The molecule has 0 spiro atoms. The summed E-state index contributed by atoms with van der Waals surface area (Å²) in [6.07, 6.45) is 0. The molecular weight excluding hydrogens is 361 g/mol. The van der Waals surface area contributed by atoms with Crippen LogP contribution in [-0.2, 0) is 4.79 Å². The minimum absolute atomic E-state index is 0.0293. The van der Waals surface area contributed by atoms with Gasteiger partial charge in [-0.25, -0.2) is 4.98 Å². The number of hydrogen-bond donors (Lipinski definition) is 2. The summed E-state index contributed by atoms with van der Waals surface area (Å²) in [6.45, 7) is 0. The molecule has 0 atom stereocenters. The molecule has 0 radical (unpaired) electrons. The fourth-order valence-electron chi connectivity index (χ4n) is 1.00. The van der Waals surface area contributed by atoms with E-state index in [1.54, 1.807) is 11.3 Å². The normalized spacial score (nSPS) is 10.6. The maximum absolute atomic E-state index is 10.4. The van der Waals surface area contributed by atoms with Gasteiger partial charge in [0.15, 0.2) is 5.82 Å². The van der Waals surface area contributed by atoms with Crippen molar-refractivity contribution in [3.63, 3.8) is 0 Å². The molecule has 2 N–H and O–H groups in total. The van der Waals surface area contributed by atoms with Crippen molar-refractivity contribution in [2.45, 2.75) is 5.16 Å². The predicted molar refractivity (Wildman–Crippen MR) is 70.8 cm³/mol. The Labute approximate surface area is 113 Å². The van der Waals surface area contributed by atoms with Crippen LogP contribution in [0.2, 0.25) is 0 Å². The molecule has 0 fully saturated rings. The van der Waals surface area contributed by atoms with Crippen molar-refractivity contribution in [1.29, 1.82) is 0 Å². The molecule has 0 unspecified atom stereocenters. The molecule has 8 heteroatoms. The lowest BCUT2D eigenvalue weighted by molar-refractivity contribution is -0.133. The smallest absolute Gasteiger partial charge is 0.313 e. The molecule has 2 heterocycles. The Bertz CT molecular complexity index is 511. The third-order valence-electron chi connectivity index (χ3n) is 1.63. The first-order valence-corrected chi connectivity index (χ1v) is 7.11. The Kier molecular flexibility index (Phi) is 3.82. The van der Waals surface area contributed by atoms with Crippen LogP contribution in [0.3, 0.4) is 0 Å². The SMILES string of the molecule is O=C(O)CSc1n[nH]c(-c2csc(I)c2)n1. The largest absolute Gasteiger partial charge is 0.481 e. The number of nitrogens with one attached hydrogen (secondary N) is 1. The highest BCUT2D eigenvalue weighted by molar-refractivity contribution is 14.1. The lowest BCUT2D eigenvalue weighted by Gasteiger charge is -1.88. The molecule has 2 aromatic heterocycles. The van der Waals surface area contributed by atoms with Crippen molar-refractivity contribution in [3.8, 4) is 11.4 Å². The van der Waals surface area contributed by atoms with Crippen molar-refractivity contribution in [1.82, 2.24) is 15.2 Å². The zero-order valence-corrected chi connectivity index (χ0v) is 11.6. The summed E-state index contributed by atoms with van der Waals surface area (Å²) in [5.74, 6) is -0.230. The molecule has 0 aliphatic rings. The fraction of sp³-hybridized carbons (Fsp3) is 0.125. The van der Waals surface area contributed by atoms with Crippen LogP contribution < -0.4 is 0 Å². The van der Waals surface area contributed by atoms with Gasteiger partial charge in [0.2, 0.25) is 5.16 Å². The summed E-state index contributed by atoms with van der Waals surface area (Å²) >= 11 is 4.96. The van der Waals surface area contributed by atoms with E-state index in [2.05, 4.69) is 37.8 Å². The predicted octanol–water partition coefficient (Wildman–Crippen LogP) is 2.31. The molecular formula is C8H6IN3O2S2. The number of aromatic amines is 1. The lowest BCUT2D eigenvalue weighted by Crippen LogP contribution is -1.97. The van der Waals surface area contributed by atoms with Gasteiger partial charge in [-0.2, -0.15) is 0 Å². The Morgan fingerprint density at radius 1 is 1.69 bits per heavy atom. The van der Waals surface area contributed by atoms with Crippen LogP contribution in [0.5, 0.6) is 0 Å². The van der Waals surface area contributed by atoms with Gasteiger partial charge in [0.05, 0.1) is 8.64 Å². The summed E-state index contributed by atoms with van der Waals surface area (Å²) in [5, 5.41) is 17.7. The molecule has 2 aromatic rings. The standard InChI is InChI=1S/C8H6IN3O2S2/c9-5-1-4(2-15-5)7-10-8(12-11-7)16-3-6(13)14/h1-2H,3H2,(H,13,14)(H,10,11,12). The number of rotatable bonds is 4. The summed E-state index contributed by atoms with van der Waals surface area (Å²) < 4.78 is 1.17. The molecule has 0 aromatic carbocycles. The second-order valence-corrected chi connectivity index (χ2v) is 6.54. The van der Waals surface area contributed by atoms with E-state index in [0.29, 0.717) is 11.0 Å². The topological polar surface area (TPSA) is 78.9 Å². The number of thioether (sulfide) groups is 1. The number of nitrogens with zero attached hydrogens (tertiary/aromatic N) is 2. The van der Waals surface area contributed by atoms with Gasteiger partial charge in [-0.15, -0.1) is 16.4 Å². The Hall–Kier alpha value is -0.610. The van der Waals surface area contributed by atoms with E-state index in [-0.39, 0.29) is 5.75 Å². The average molecular weight is 367 g/mol. The van der Waals surface area contributed by atoms with Crippen molar-refractivity contribution < 1.29 is 9.90 Å². The molecule has 0 bridgehead atoms. The van der Waals surface area contributed by atoms with Gasteiger partial charge in [-0.05, 0) is 28.7 Å². The van der Waals surface area contributed by atoms with Crippen molar-refractivity contribution in [3.05, 3.63) is 14.3 Å². The minimum atomic E-state index is -0.874. The number of halogens is 1. The van der Waals surface area contributed by atoms with E-state index >= 15 is 0 Å². The lowest BCUT2D eigenvalue weighted by atomic mass is 10.3. The van der Waals surface area contributed by atoms with Crippen molar-refractivity contribution in [2.75, 3.05) is 5.75 Å². The molecule has 5 nitrogen and oxygen atoms in total. The summed E-state index contributed by atoms with van der Waals surface area (Å²) in [7, 11) is 0. The number of aliphatic carboxylic acids is 1. The van der Waals surface area contributed by atoms with Crippen LogP contribution in [0, 0.1) is 2.88 Å². The Morgan fingerprint density at radius 2 is 2.50 bits per heavy atom. The van der Waals surface area contributed by atoms with Crippen LogP contribution >= 0.6 is 45.7 Å².